The number of hydrogen-bond donors (Lipinski definition) is 0. The summed E-state index contributed by atoms with van der Waals surface area (Å²) in [6.07, 6.45) is 0.233. The van der Waals surface area contributed by atoms with Crippen molar-refractivity contribution in [2.75, 3.05) is 6.61 Å². The van der Waals surface area contributed by atoms with Gasteiger partial charge in [0.15, 0.2) is 5.52 Å². The van der Waals surface area contributed by atoms with Gasteiger partial charge < -0.3 is 14.9 Å². The molecule has 0 N–H and O–H groups in total. The molecule has 0 aliphatic rings. The van der Waals surface area contributed by atoms with Gasteiger partial charge in [-0.25, -0.2) is 0 Å². The maximum atomic E-state index is 13.3. The fraction of sp³-hybridized carbons (Fsp3) is 0.250. The molecule has 0 aliphatic carbocycles. The number of hydrogen-bond acceptors (Lipinski definition) is 6. The van der Waals surface area contributed by atoms with Crippen molar-refractivity contribution >= 4 is 32.7 Å². The Kier molecular flexibility index (Phi) is 5.69. The fourth-order valence-electron chi connectivity index (χ4n) is 3.15. The molecular weight excluding hydrogens is 396 g/mol. The lowest BCUT2D eigenvalue weighted by Crippen LogP contribution is -2.16. The van der Waals surface area contributed by atoms with Crippen LogP contribution in [0.1, 0.15) is 24.5 Å². The van der Waals surface area contributed by atoms with E-state index in [-0.39, 0.29) is 29.9 Å². The minimum Gasteiger partial charge on any atom is -0.466 e. The van der Waals surface area contributed by atoms with Crippen LogP contribution < -0.4 is 0 Å². The monoisotopic (exact) mass is 416 g/mol. The fourth-order valence-corrected chi connectivity index (χ4v) is 4.66. The van der Waals surface area contributed by atoms with Crippen molar-refractivity contribution in [2.45, 2.75) is 31.6 Å². The first-order chi connectivity index (χ1) is 13.8. The topological polar surface area (TPSA) is 109 Å². The molecule has 1 heterocycles. The zero-order chi connectivity index (χ0) is 21.2. The van der Waals surface area contributed by atoms with Crippen LogP contribution in [0.5, 0.6) is 0 Å². The van der Waals surface area contributed by atoms with Gasteiger partial charge in [0, 0.05) is 23.4 Å². The van der Waals surface area contributed by atoms with Gasteiger partial charge in [0.05, 0.1) is 6.61 Å². The number of rotatable bonds is 7. The molecule has 152 valence electrons. The van der Waals surface area contributed by atoms with Crippen LogP contribution in [-0.4, -0.2) is 29.9 Å². The van der Waals surface area contributed by atoms with Crippen molar-refractivity contribution in [3.63, 3.8) is 0 Å². The average molecular weight is 416 g/mol. The minimum absolute atomic E-state index is 0.0382. The van der Waals surface area contributed by atoms with E-state index in [0.29, 0.717) is 10.9 Å². The zero-order valence-corrected chi connectivity index (χ0v) is 16.8. The van der Waals surface area contributed by atoms with Crippen LogP contribution in [-0.2, 0) is 26.0 Å². The molecular formula is C20H20N2O6S. The van der Waals surface area contributed by atoms with Gasteiger partial charge >= 0.3 is 21.8 Å². The van der Waals surface area contributed by atoms with Gasteiger partial charge in [-0.15, -0.1) is 3.97 Å². The van der Waals surface area contributed by atoms with Crippen LogP contribution >= 0.6 is 0 Å². The molecule has 0 spiro atoms. The van der Waals surface area contributed by atoms with Crippen LogP contribution in [0.25, 0.3) is 10.9 Å². The lowest BCUT2D eigenvalue weighted by Gasteiger charge is -2.08. The van der Waals surface area contributed by atoms with Gasteiger partial charge in [-0.05, 0) is 37.3 Å². The number of carbonyl (C=O) groups excluding carboxylic acids is 1. The number of nitro groups is 1. The number of para-hydroxylation sites is 1. The lowest BCUT2D eigenvalue weighted by molar-refractivity contribution is -0.389. The average Bonchev–Trinajstić information content (AvgIpc) is 3.08. The maximum Gasteiger partial charge on any atom is 0.339 e. The first kappa shape index (κ1) is 20.5. The van der Waals surface area contributed by atoms with Crippen molar-refractivity contribution < 1.29 is 22.9 Å². The molecule has 0 radical (unpaired) electrons. The van der Waals surface area contributed by atoms with E-state index in [1.165, 1.54) is 18.2 Å². The quantitative estimate of drug-likeness (QED) is 0.331. The second-order valence-electron chi connectivity index (χ2n) is 6.50. The number of nitrogens with zero attached hydrogens (tertiary/aromatic N) is 2. The highest BCUT2D eigenvalue weighted by atomic mass is 32.2. The Balaban J connectivity index is 2.21. The number of benzene rings is 2. The summed E-state index contributed by atoms with van der Waals surface area (Å²) in [5.41, 5.74) is 1.58. The Morgan fingerprint density at radius 2 is 1.86 bits per heavy atom. The smallest absolute Gasteiger partial charge is 0.339 e. The Morgan fingerprint density at radius 1 is 1.17 bits per heavy atom. The number of aryl methyl sites for hydroxylation is 2. The van der Waals surface area contributed by atoms with Gasteiger partial charge in [0.25, 0.3) is 0 Å². The standard InChI is InChI=1S/C20H20N2O6S/c1-3-28-19(23)12-9-15-5-4-6-16-13-18(22(24)25)21(20(15)16)29(26,27)17-10-7-14(2)8-11-17/h4-8,10-11,13H,3,9,12H2,1-2H3. The molecule has 3 rings (SSSR count). The Labute approximate surface area is 167 Å². The Hall–Kier alpha value is -3.20. The summed E-state index contributed by atoms with van der Waals surface area (Å²) in [5.74, 6) is -0.970. The zero-order valence-electron chi connectivity index (χ0n) is 16.0. The van der Waals surface area contributed by atoms with Crippen molar-refractivity contribution in [3.8, 4) is 0 Å². The largest absolute Gasteiger partial charge is 0.466 e. The van der Waals surface area contributed by atoms with E-state index in [2.05, 4.69) is 0 Å². The normalized spacial score (nSPS) is 11.5. The second-order valence-corrected chi connectivity index (χ2v) is 8.29. The van der Waals surface area contributed by atoms with Gasteiger partial charge in [0.2, 0.25) is 0 Å². The van der Waals surface area contributed by atoms with Crippen LogP contribution in [0, 0.1) is 17.0 Å². The van der Waals surface area contributed by atoms with Crippen LogP contribution in [0.4, 0.5) is 5.82 Å². The summed E-state index contributed by atoms with van der Waals surface area (Å²) in [6.45, 7) is 3.76. The molecule has 0 fully saturated rings. The molecule has 0 atom stereocenters. The van der Waals surface area contributed by atoms with Crippen LogP contribution in [0.15, 0.2) is 53.4 Å². The lowest BCUT2D eigenvalue weighted by atomic mass is 10.1. The van der Waals surface area contributed by atoms with Gasteiger partial charge in [-0.1, -0.05) is 35.9 Å². The van der Waals surface area contributed by atoms with Crippen molar-refractivity contribution in [1.29, 1.82) is 0 Å². The van der Waals surface area contributed by atoms with E-state index in [0.717, 1.165) is 9.54 Å². The predicted octanol–water partition coefficient (Wildman–Crippen LogP) is 3.59. The molecule has 9 heteroatoms. The van der Waals surface area contributed by atoms with E-state index in [1.54, 1.807) is 37.3 Å². The summed E-state index contributed by atoms with van der Waals surface area (Å²) < 4.78 is 32.3. The molecule has 1 aromatic heterocycles. The van der Waals surface area contributed by atoms with Gasteiger partial charge in [0.1, 0.15) is 4.90 Å². The maximum absolute atomic E-state index is 13.3. The molecule has 2 aromatic carbocycles. The first-order valence-corrected chi connectivity index (χ1v) is 10.4. The highest BCUT2D eigenvalue weighted by Gasteiger charge is 2.33. The molecule has 0 amide bonds. The van der Waals surface area contributed by atoms with E-state index in [4.69, 9.17) is 4.74 Å². The number of ether oxygens (including phenoxy) is 1. The second kappa shape index (κ2) is 8.04. The molecule has 0 bridgehead atoms. The molecule has 29 heavy (non-hydrogen) atoms. The van der Waals surface area contributed by atoms with Crippen LogP contribution in [0.2, 0.25) is 0 Å². The predicted molar refractivity (Wildman–Crippen MR) is 107 cm³/mol. The SMILES string of the molecule is CCOC(=O)CCc1cccc2cc([N+](=O)[O-])n(S(=O)(=O)c3ccc(C)cc3)c12. The Bertz CT molecular complexity index is 1180. The summed E-state index contributed by atoms with van der Waals surface area (Å²) in [4.78, 5) is 22.6. The molecule has 3 aromatic rings. The third-order valence-electron chi connectivity index (χ3n) is 4.50. The number of fused-ring (bicyclic) bond motifs is 1. The third-order valence-corrected chi connectivity index (χ3v) is 6.21. The van der Waals surface area contributed by atoms with Crippen LogP contribution in [0.3, 0.4) is 0 Å². The number of aromatic nitrogens is 1. The van der Waals surface area contributed by atoms with E-state index >= 15 is 0 Å². The first-order valence-electron chi connectivity index (χ1n) is 9.01. The van der Waals surface area contributed by atoms with Crippen molar-refractivity contribution in [3.05, 3.63) is 69.8 Å². The summed E-state index contributed by atoms with van der Waals surface area (Å²) in [6, 6.07) is 12.3. The molecule has 0 saturated carbocycles. The molecule has 0 saturated heterocycles. The molecule has 0 unspecified atom stereocenters. The summed E-state index contributed by atoms with van der Waals surface area (Å²) >= 11 is 0. The minimum atomic E-state index is -4.23. The Morgan fingerprint density at radius 3 is 2.48 bits per heavy atom. The third kappa shape index (κ3) is 4.00. The van der Waals surface area contributed by atoms with Crippen molar-refractivity contribution in [1.82, 2.24) is 3.97 Å². The van der Waals surface area contributed by atoms with Gasteiger partial charge in [-0.2, -0.15) is 8.42 Å². The molecule has 8 nitrogen and oxygen atoms in total. The summed E-state index contributed by atoms with van der Waals surface area (Å²) in [5, 5.41) is 12.0. The highest BCUT2D eigenvalue weighted by Crippen LogP contribution is 2.33. The highest BCUT2D eigenvalue weighted by molar-refractivity contribution is 7.90. The number of carbonyl (C=O) groups is 1. The molecule has 0 aliphatic heterocycles. The number of esters is 1. The van der Waals surface area contributed by atoms with E-state index < -0.39 is 26.7 Å². The van der Waals surface area contributed by atoms with Crippen molar-refractivity contribution in [2.24, 2.45) is 0 Å². The van der Waals surface area contributed by atoms with E-state index in [1.807, 2.05) is 6.92 Å². The van der Waals surface area contributed by atoms with E-state index in [9.17, 15) is 23.3 Å². The van der Waals surface area contributed by atoms with Gasteiger partial charge in [-0.3, -0.25) is 4.79 Å². The summed E-state index contributed by atoms with van der Waals surface area (Å²) in [7, 11) is -4.23.